The summed E-state index contributed by atoms with van der Waals surface area (Å²) in [5.74, 6) is 1.73. The molecular weight excluding hydrogens is 342 g/mol. The Balaban J connectivity index is 1.67. The zero-order chi connectivity index (χ0) is 20.3. The number of likely N-dealkylation sites (tertiary alicyclic amines) is 1. The minimum absolute atomic E-state index is 0.101. The molecule has 1 saturated heterocycles. The Kier molecular flexibility index (Phi) is 6.72. The molecule has 2 heteroatoms. The minimum atomic E-state index is 0.101. The molecule has 0 saturated carbocycles. The van der Waals surface area contributed by atoms with Gasteiger partial charge in [-0.15, -0.1) is 0 Å². The largest absolute Gasteiger partial charge is 0.305 e. The maximum atomic E-state index is 13.2. The molecule has 1 aliphatic heterocycles. The molecule has 2 unspecified atom stereocenters. The van der Waals surface area contributed by atoms with Gasteiger partial charge in [0.2, 0.25) is 0 Å². The lowest BCUT2D eigenvalue weighted by Crippen LogP contribution is -2.46. The van der Waals surface area contributed by atoms with E-state index in [-0.39, 0.29) is 11.8 Å². The van der Waals surface area contributed by atoms with Crippen molar-refractivity contribution < 1.29 is 4.79 Å². The molecule has 0 amide bonds. The van der Waals surface area contributed by atoms with Crippen LogP contribution in [-0.2, 0) is 17.6 Å². The molecule has 0 radical (unpaired) electrons. The monoisotopic (exact) mass is 377 g/mol. The lowest BCUT2D eigenvalue weighted by molar-refractivity contribution is -0.130. The fraction of sp³-hybridized carbons (Fsp3) is 0.500. The van der Waals surface area contributed by atoms with Crippen molar-refractivity contribution >= 4 is 5.78 Å². The van der Waals surface area contributed by atoms with Crippen LogP contribution in [0.3, 0.4) is 0 Å². The molecule has 1 fully saturated rings. The van der Waals surface area contributed by atoms with Crippen LogP contribution < -0.4 is 0 Å². The van der Waals surface area contributed by atoms with Crippen LogP contribution in [0, 0.1) is 11.8 Å². The van der Waals surface area contributed by atoms with Crippen LogP contribution in [0.1, 0.15) is 61.8 Å². The van der Waals surface area contributed by atoms with Gasteiger partial charge in [0.05, 0.1) is 0 Å². The number of hydrogen-bond donors (Lipinski definition) is 0. The second-order valence-electron chi connectivity index (χ2n) is 9.22. The first-order chi connectivity index (χ1) is 13.3. The van der Waals surface area contributed by atoms with Crippen molar-refractivity contribution in [2.24, 2.45) is 11.8 Å². The van der Waals surface area contributed by atoms with E-state index in [1.165, 1.54) is 22.3 Å². The van der Waals surface area contributed by atoms with E-state index in [9.17, 15) is 4.79 Å². The van der Waals surface area contributed by atoms with Crippen LogP contribution in [0.25, 0.3) is 0 Å². The quantitative estimate of drug-likeness (QED) is 0.666. The van der Waals surface area contributed by atoms with Gasteiger partial charge in [-0.3, -0.25) is 4.79 Å². The van der Waals surface area contributed by atoms with E-state index < -0.39 is 0 Å². The summed E-state index contributed by atoms with van der Waals surface area (Å²) in [7, 11) is 2.15. The molecule has 150 valence electrons. The van der Waals surface area contributed by atoms with Crippen molar-refractivity contribution in [2.75, 3.05) is 20.1 Å². The van der Waals surface area contributed by atoms with Gasteiger partial charge in [-0.1, -0.05) is 76.2 Å². The first kappa shape index (κ1) is 20.8. The van der Waals surface area contributed by atoms with Crippen molar-refractivity contribution in [1.82, 2.24) is 4.90 Å². The number of benzene rings is 2. The lowest BCUT2D eigenvalue weighted by Gasteiger charge is -2.34. The van der Waals surface area contributed by atoms with E-state index in [1.807, 2.05) is 0 Å². The summed E-state index contributed by atoms with van der Waals surface area (Å²) in [6, 6.07) is 17.7. The number of piperidine rings is 1. The van der Waals surface area contributed by atoms with E-state index in [0.29, 0.717) is 17.6 Å². The number of ketones is 1. The van der Waals surface area contributed by atoms with E-state index in [1.54, 1.807) is 0 Å². The van der Waals surface area contributed by atoms with Crippen LogP contribution in [0.4, 0.5) is 0 Å². The third-order valence-electron chi connectivity index (χ3n) is 6.13. The van der Waals surface area contributed by atoms with Gasteiger partial charge < -0.3 is 4.90 Å². The highest BCUT2D eigenvalue weighted by molar-refractivity contribution is 5.85. The van der Waals surface area contributed by atoms with Gasteiger partial charge in [-0.05, 0) is 54.0 Å². The molecule has 0 aromatic heterocycles. The van der Waals surface area contributed by atoms with Crippen LogP contribution >= 0.6 is 0 Å². The molecule has 2 aromatic carbocycles. The normalized spacial score (nSPS) is 20.9. The summed E-state index contributed by atoms with van der Waals surface area (Å²) < 4.78 is 0. The fourth-order valence-corrected chi connectivity index (χ4v) is 4.32. The van der Waals surface area contributed by atoms with E-state index in [2.05, 4.69) is 88.2 Å². The molecule has 2 atom stereocenters. The highest BCUT2D eigenvalue weighted by atomic mass is 16.1. The van der Waals surface area contributed by atoms with Gasteiger partial charge in [-0.25, -0.2) is 0 Å². The maximum absolute atomic E-state index is 13.2. The summed E-state index contributed by atoms with van der Waals surface area (Å²) in [6.07, 6.45) is 1.70. The van der Waals surface area contributed by atoms with Crippen molar-refractivity contribution in [2.45, 2.75) is 52.4 Å². The summed E-state index contributed by atoms with van der Waals surface area (Å²) >= 11 is 0. The molecule has 0 aliphatic carbocycles. The molecule has 0 spiro atoms. The number of nitrogens with zero attached hydrogens (tertiary/aromatic N) is 1. The Hall–Kier alpha value is -1.93. The SMILES string of the molecule is CC(C)c1ccc(CC2CN(C)CC(Cc3ccc(C(C)C)cc3)C2=O)cc1. The highest BCUT2D eigenvalue weighted by Gasteiger charge is 2.33. The Bertz CT molecular complexity index is 708. The molecule has 1 aliphatic rings. The van der Waals surface area contributed by atoms with Crippen LogP contribution in [-0.4, -0.2) is 30.8 Å². The van der Waals surface area contributed by atoms with E-state index in [0.717, 1.165) is 25.9 Å². The van der Waals surface area contributed by atoms with Gasteiger partial charge in [0.1, 0.15) is 5.78 Å². The highest BCUT2D eigenvalue weighted by Crippen LogP contribution is 2.25. The second kappa shape index (κ2) is 9.05. The van der Waals surface area contributed by atoms with Crippen LogP contribution in [0.2, 0.25) is 0 Å². The van der Waals surface area contributed by atoms with Crippen LogP contribution in [0.15, 0.2) is 48.5 Å². The Morgan fingerprint density at radius 3 is 1.43 bits per heavy atom. The number of carbonyl (C=O) groups is 1. The topological polar surface area (TPSA) is 20.3 Å². The zero-order valence-corrected chi connectivity index (χ0v) is 18.1. The van der Waals surface area contributed by atoms with Crippen molar-refractivity contribution in [3.63, 3.8) is 0 Å². The summed E-state index contributed by atoms with van der Waals surface area (Å²) in [4.78, 5) is 15.5. The zero-order valence-electron chi connectivity index (χ0n) is 18.1. The molecular formula is C26H35NO. The van der Waals surface area contributed by atoms with E-state index in [4.69, 9.17) is 0 Å². The second-order valence-corrected chi connectivity index (χ2v) is 9.22. The first-order valence-electron chi connectivity index (χ1n) is 10.7. The maximum Gasteiger partial charge on any atom is 0.142 e. The smallest absolute Gasteiger partial charge is 0.142 e. The molecule has 2 nitrogen and oxygen atoms in total. The van der Waals surface area contributed by atoms with Gasteiger partial charge >= 0.3 is 0 Å². The number of hydrogen-bond acceptors (Lipinski definition) is 2. The molecule has 28 heavy (non-hydrogen) atoms. The molecule has 0 N–H and O–H groups in total. The molecule has 3 rings (SSSR count). The molecule has 2 aromatic rings. The predicted molar refractivity (Wildman–Crippen MR) is 118 cm³/mol. The minimum Gasteiger partial charge on any atom is -0.305 e. The van der Waals surface area contributed by atoms with E-state index >= 15 is 0 Å². The van der Waals surface area contributed by atoms with Crippen molar-refractivity contribution in [1.29, 1.82) is 0 Å². The van der Waals surface area contributed by atoms with Crippen molar-refractivity contribution in [3.05, 3.63) is 70.8 Å². The summed E-state index contributed by atoms with van der Waals surface area (Å²) in [5.41, 5.74) is 5.27. The predicted octanol–water partition coefficient (Wildman–Crippen LogP) is 5.47. The third kappa shape index (κ3) is 5.11. The average molecular weight is 378 g/mol. The number of rotatable bonds is 6. The van der Waals surface area contributed by atoms with Crippen molar-refractivity contribution in [3.8, 4) is 0 Å². The first-order valence-corrected chi connectivity index (χ1v) is 10.7. The number of carbonyl (C=O) groups excluding carboxylic acids is 1. The standard InChI is InChI=1S/C26H35NO/c1-18(2)22-10-6-20(7-11-22)14-24-16-27(5)17-25(26(24)28)15-21-8-12-23(13-9-21)19(3)4/h6-13,18-19,24-25H,14-17H2,1-5H3. The van der Waals surface area contributed by atoms with Gasteiger partial charge in [0.25, 0.3) is 0 Å². The summed E-state index contributed by atoms with van der Waals surface area (Å²) in [6.45, 7) is 10.6. The third-order valence-corrected chi connectivity index (χ3v) is 6.13. The molecule has 0 bridgehead atoms. The Morgan fingerprint density at radius 2 is 1.11 bits per heavy atom. The van der Waals surface area contributed by atoms with Gasteiger partial charge in [0, 0.05) is 24.9 Å². The van der Waals surface area contributed by atoms with Gasteiger partial charge in [-0.2, -0.15) is 0 Å². The van der Waals surface area contributed by atoms with Crippen LogP contribution in [0.5, 0.6) is 0 Å². The van der Waals surface area contributed by atoms with Gasteiger partial charge in [0.15, 0.2) is 0 Å². The molecule has 1 heterocycles. The fourth-order valence-electron chi connectivity index (χ4n) is 4.32. The Morgan fingerprint density at radius 1 is 0.750 bits per heavy atom. The summed E-state index contributed by atoms with van der Waals surface area (Å²) in [5, 5.41) is 0. The average Bonchev–Trinajstić information content (AvgIpc) is 2.66. The Labute approximate surface area is 171 Å². The number of Topliss-reactive ketones (excluding diaryl/α,β-unsaturated/α-hetero) is 1. The lowest BCUT2D eigenvalue weighted by atomic mass is 9.81.